The van der Waals surface area contributed by atoms with Gasteiger partial charge in [-0.2, -0.15) is 0 Å². The molecule has 0 aliphatic carbocycles. The van der Waals surface area contributed by atoms with Gasteiger partial charge in [0, 0.05) is 23.1 Å². The molecule has 1 heterocycles. The normalized spacial score (nSPS) is 19.3. The summed E-state index contributed by atoms with van der Waals surface area (Å²) in [6.45, 7) is 7.51. The van der Waals surface area contributed by atoms with Crippen molar-refractivity contribution >= 4 is 21.6 Å². The van der Waals surface area contributed by atoms with Crippen LogP contribution in [0, 0.1) is 5.82 Å². The summed E-state index contributed by atoms with van der Waals surface area (Å²) in [5.41, 5.74) is 1.26. The van der Waals surface area contributed by atoms with Crippen LogP contribution >= 0.6 is 15.9 Å². The minimum absolute atomic E-state index is 0.171. The van der Waals surface area contributed by atoms with Crippen LogP contribution in [0.1, 0.15) is 33.1 Å². The predicted molar refractivity (Wildman–Crippen MR) is 82.2 cm³/mol. The van der Waals surface area contributed by atoms with E-state index in [1.807, 2.05) is 6.07 Å². The van der Waals surface area contributed by atoms with Crippen LogP contribution in [0.25, 0.3) is 0 Å². The molecule has 1 fully saturated rings. The van der Waals surface area contributed by atoms with Gasteiger partial charge in [-0.05, 0) is 59.9 Å². The van der Waals surface area contributed by atoms with Crippen molar-refractivity contribution in [3.63, 3.8) is 0 Å². The number of anilines is 1. The first-order valence-corrected chi connectivity index (χ1v) is 7.84. The lowest BCUT2D eigenvalue weighted by molar-refractivity contribution is 0.321. The second-order valence-electron chi connectivity index (χ2n) is 5.29. The number of hydrogen-bond donors (Lipinski definition) is 1. The zero-order valence-electron chi connectivity index (χ0n) is 11.7. The van der Waals surface area contributed by atoms with Crippen LogP contribution < -0.4 is 10.2 Å². The highest BCUT2D eigenvalue weighted by molar-refractivity contribution is 9.10. The number of halogens is 2. The minimum Gasteiger partial charge on any atom is -0.369 e. The molecule has 1 saturated heterocycles. The molecular formula is C15H22BrFN2. The van der Waals surface area contributed by atoms with Crippen molar-refractivity contribution in [2.45, 2.75) is 38.6 Å². The Morgan fingerprint density at radius 2 is 2.11 bits per heavy atom. The van der Waals surface area contributed by atoms with Crippen LogP contribution in [0.3, 0.4) is 0 Å². The van der Waals surface area contributed by atoms with Crippen LogP contribution in [0.5, 0.6) is 0 Å². The molecule has 0 radical (unpaired) electrons. The number of hydrogen-bond acceptors (Lipinski definition) is 2. The van der Waals surface area contributed by atoms with Crippen molar-refractivity contribution in [2.75, 3.05) is 24.5 Å². The molecule has 0 saturated carbocycles. The van der Waals surface area contributed by atoms with Crippen molar-refractivity contribution in [1.82, 2.24) is 5.32 Å². The molecule has 0 unspecified atom stereocenters. The molecule has 1 aliphatic heterocycles. The largest absolute Gasteiger partial charge is 0.369 e. The van der Waals surface area contributed by atoms with Crippen molar-refractivity contribution in [1.29, 1.82) is 0 Å². The highest BCUT2D eigenvalue weighted by Crippen LogP contribution is 2.30. The maximum Gasteiger partial charge on any atom is 0.124 e. The lowest BCUT2D eigenvalue weighted by atomic mass is 9.92. The third-order valence-electron chi connectivity index (χ3n) is 4.20. The maximum atomic E-state index is 13.2. The third-order valence-corrected chi connectivity index (χ3v) is 4.84. The Kier molecular flexibility index (Phi) is 4.85. The van der Waals surface area contributed by atoms with Gasteiger partial charge in [-0.3, -0.25) is 0 Å². The van der Waals surface area contributed by atoms with Gasteiger partial charge in [0.05, 0.1) is 5.69 Å². The molecule has 2 rings (SSSR count). The summed E-state index contributed by atoms with van der Waals surface area (Å²) in [5.74, 6) is -0.194. The van der Waals surface area contributed by atoms with Crippen molar-refractivity contribution < 1.29 is 4.39 Å². The molecule has 1 aromatic carbocycles. The van der Waals surface area contributed by atoms with E-state index in [1.165, 1.54) is 6.07 Å². The molecule has 1 aromatic rings. The molecule has 0 aromatic heterocycles. The molecule has 1 N–H and O–H groups in total. The van der Waals surface area contributed by atoms with Crippen LogP contribution in [0.15, 0.2) is 22.7 Å². The molecule has 0 bridgehead atoms. The van der Waals surface area contributed by atoms with E-state index in [4.69, 9.17) is 0 Å². The number of nitrogens with zero attached hydrogens (tertiary/aromatic N) is 1. The summed E-state index contributed by atoms with van der Waals surface area (Å²) in [7, 11) is 0. The maximum absolute atomic E-state index is 13.2. The van der Waals surface area contributed by atoms with E-state index in [0.29, 0.717) is 0 Å². The zero-order chi connectivity index (χ0) is 13.9. The molecule has 0 spiro atoms. The van der Waals surface area contributed by atoms with E-state index in [-0.39, 0.29) is 11.4 Å². The van der Waals surface area contributed by atoms with E-state index >= 15 is 0 Å². The zero-order valence-corrected chi connectivity index (χ0v) is 13.3. The van der Waals surface area contributed by atoms with E-state index < -0.39 is 0 Å². The first kappa shape index (κ1) is 14.8. The number of rotatable bonds is 3. The fourth-order valence-corrected chi connectivity index (χ4v) is 3.39. The second kappa shape index (κ2) is 6.23. The summed E-state index contributed by atoms with van der Waals surface area (Å²) in [4.78, 5) is 2.37. The van der Waals surface area contributed by atoms with E-state index in [1.54, 1.807) is 6.07 Å². The van der Waals surface area contributed by atoms with Gasteiger partial charge in [0.15, 0.2) is 0 Å². The SMILES string of the molecule is CCC1(CC)CN(c2ccc(F)cc2Br)CCCN1. The fraction of sp³-hybridized carbons (Fsp3) is 0.600. The lowest BCUT2D eigenvalue weighted by Gasteiger charge is -2.36. The topological polar surface area (TPSA) is 15.3 Å². The van der Waals surface area contributed by atoms with Gasteiger partial charge in [-0.25, -0.2) is 4.39 Å². The first-order chi connectivity index (χ1) is 9.10. The first-order valence-electron chi connectivity index (χ1n) is 7.05. The molecule has 4 heteroatoms. The van der Waals surface area contributed by atoms with Gasteiger partial charge in [-0.15, -0.1) is 0 Å². The summed E-state index contributed by atoms with van der Waals surface area (Å²) in [5, 5.41) is 3.69. The Labute approximate surface area is 123 Å². The second-order valence-corrected chi connectivity index (χ2v) is 6.14. The summed E-state index contributed by atoms with van der Waals surface area (Å²) < 4.78 is 14.1. The number of benzene rings is 1. The van der Waals surface area contributed by atoms with Crippen LogP contribution in [0.2, 0.25) is 0 Å². The Balaban J connectivity index is 2.27. The quantitative estimate of drug-likeness (QED) is 0.903. The molecule has 19 heavy (non-hydrogen) atoms. The van der Waals surface area contributed by atoms with Crippen LogP contribution in [-0.2, 0) is 0 Å². The van der Waals surface area contributed by atoms with Gasteiger partial charge in [0.1, 0.15) is 5.82 Å². The molecular weight excluding hydrogens is 307 g/mol. The average Bonchev–Trinajstić information content (AvgIpc) is 2.62. The summed E-state index contributed by atoms with van der Waals surface area (Å²) in [6.07, 6.45) is 3.34. The predicted octanol–water partition coefficient (Wildman–Crippen LogP) is 3.95. The van der Waals surface area contributed by atoms with E-state index in [0.717, 1.165) is 49.1 Å². The Morgan fingerprint density at radius 3 is 2.74 bits per heavy atom. The van der Waals surface area contributed by atoms with Gasteiger partial charge in [-0.1, -0.05) is 13.8 Å². The van der Waals surface area contributed by atoms with Gasteiger partial charge in [0.25, 0.3) is 0 Å². The highest BCUT2D eigenvalue weighted by Gasteiger charge is 2.30. The van der Waals surface area contributed by atoms with Gasteiger partial charge < -0.3 is 10.2 Å². The molecule has 106 valence electrons. The Bertz CT molecular complexity index is 432. The summed E-state index contributed by atoms with van der Waals surface area (Å²) >= 11 is 3.49. The molecule has 1 aliphatic rings. The Hall–Kier alpha value is -0.610. The van der Waals surface area contributed by atoms with E-state index in [2.05, 4.69) is 40.0 Å². The molecule has 0 atom stereocenters. The van der Waals surface area contributed by atoms with E-state index in [9.17, 15) is 4.39 Å². The Morgan fingerprint density at radius 1 is 1.37 bits per heavy atom. The van der Waals surface area contributed by atoms with Crippen molar-refractivity contribution in [3.8, 4) is 0 Å². The smallest absolute Gasteiger partial charge is 0.124 e. The standard InChI is InChI=1S/C15H22BrFN2/c1-3-15(4-2)11-19(9-5-8-18-15)14-7-6-12(17)10-13(14)16/h6-7,10,18H,3-5,8-9,11H2,1-2H3. The van der Waals surface area contributed by atoms with Gasteiger partial charge in [0.2, 0.25) is 0 Å². The average molecular weight is 329 g/mol. The lowest BCUT2D eigenvalue weighted by Crippen LogP contribution is -2.50. The molecule has 2 nitrogen and oxygen atoms in total. The third kappa shape index (κ3) is 3.29. The molecule has 0 amide bonds. The number of nitrogens with one attached hydrogen (secondary N) is 1. The minimum atomic E-state index is -0.194. The van der Waals surface area contributed by atoms with Gasteiger partial charge >= 0.3 is 0 Å². The monoisotopic (exact) mass is 328 g/mol. The van der Waals surface area contributed by atoms with Crippen LogP contribution in [0.4, 0.5) is 10.1 Å². The van der Waals surface area contributed by atoms with Crippen LogP contribution in [-0.4, -0.2) is 25.2 Å². The fourth-order valence-electron chi connectivity index (χ4n) is 2.79. The van der Waals surface area contributed by atoms with Crippen molar-refractivity contribution in [3.05, 3.63) is 28.5 Å². The highest BCUT2D eigenvalue weighted by atomic mass is 79.9. The summed E-state index contributed by atoms with van der Waals surface area (Å²) in [6, 6.07) is 4.96. The van der Waals surface area contributed by atoms with Crippen molar-refractivity contribution in [2.24, 2.45) is 0 Å².